The molecule has 0 radical (unpaired) electrons. The molecule has 1 saturated heterocycles. The van der Waals surface area contributed by atoms with E-state index < -0.39 is 12.0 Å². The van der Waals surface area contributed by atoms with Crippen molar-refractivity contribution in [1.82, 2.24) is 19.8 Å². The maximum absolute atomic E-state index is 13.0. The number of ether oxygens (including phenoxy) is 1. The second-order valence-corrected chi connectivity index (χ2v) is 6.36. The number of nitrogens with one attached hydrogen (secondary N) is 1. The highest BCUT2D eigenvalue weighted by Crippen LogP contribution is 2.29. The highest BCUT2D eigenvalue weighted by Gasteiger charge is 2.37. The van der Waals surface area contributed by atoms with E-state index in [1.165, 1.54) is 6.07 Å². The minimum atomic E-state index is -4.59. The molecule has 0 amide bonds. The smallest absolute Gasteiger partial charge is 0.378 e. The molecule has 2 aromatic heterocycles. The molecule has 1 aliphatic rings. The summed E-state index contributed by atoms with van der Waals surface area (Å²) in [5.41, 5.74) is 0.0692. The number of halogens is 3. The summed E-state index contributed by atoms with van der Waals surface area (Å²) in [4.78, 5) is 0. The number of anilines is 1. The molecule has 3 heterocycles. The average molecular weight is 357 g/mol. The molecule has 6 nitrogen and oxygen atoms in total. The van der Waals surface area contributed by atoms with Crippen LogP contribution in [0.2, 0.25) is 0 Å². The van der Waals surface area contributed by atoms with Gasteiger partial charge in [0, 0.05) is 12.6 Å². The van der Waals surface area contributed by atoms with Gasteiger partial charge in [0.1, 0.15) is 5.82 Å². The van der Waals surface area contributed by atoms with Crippen LogP contribution < -0.4 is 5.32 Å². The minimum Gasteiger partial charge on any atom is -0.378 e. The summed E-state index contributed by atoms with van der Waals surface area (Å²) in [6.45, 7) is 4.94. The molecule has 0 aliphatic carbocycles. The highest BCUT2D eigenvalue weighted by atomic mass is 19.4. The number of fused-ring (bicyclic) bond motifs is 1. The summed E-state index contributed by atoms with van der Waals surface area (Å²) in [7, 11) is 0. The Kier molecular flexibility index (Phi) is 5.12. The molecule has 1 fully saturated rings. The van der Waals surface area contributed by atoms with Crippen LogP contribution in [0.5, 0.6) is 0 Å². The Balaban J connectivity index is 1.76. The zero-order valence-electron chi connectivity index (χ0n) is 14.3. The van der Waals surface area contributed by atoms with E-state index in [9.17, 15) is 13.2 Å². The molecule has 0 bridgehead atoms. The maximum atomic E-state index is 13.0. The molecular weight excluding hydrogens is 335 g/mol. The van der Waals surface area contributed by atoms with Crippen LogP contribution in [0.25, 0.3) is 5.65 Å². The van der Waals surface area contributed by atoms with E-state index in [1.807, 2.05) is 0 Å². The lowest BCUT2D eigenvalue weighted by Gasteiger charge is -2.34. The lowest BCUT2D eigenvalue weighted by atomic mass is 9.89. The number of alkyl halides is 3. The van der Waals surface area contributed by atoms with Crippen molar-refractivity contribution >= 4 is 11.5 Å². The van der Waals surface area contributed by atoms with Gasteiger partial charge in [0.05, 0.1) is 6.10 Å². The molecule has 138 valence electrons. The van der Waals surface area contributed by atoms with Gasteiger partial charge in [-0.15, -0.1) is 15.3 Å². The van der Waals surface area contributed by atoms with Crippen molar-refractivity contribution in [2.45, 2.75) is 57.9 Å². The molecule has 0 aromatic carbocycles. The molecule has 1 N–H and O–H groups in total. The third-order valence-corrected chi connectivity index (χ3v) is 4.76. The van der Waals surface area contributed by atoms with Gasteiger partial charge in [-0.3, -0.25) is 0 Å². The van der Waals surface area contributed by atoms with Gasteiger partial charge < -0.3 is 10.1 Å². The normalized spacial score (nSPS) is 21.8. The van der Waals surface area contributed by atoms with Gasteiger partial charge in [0.15, 0.2) is 5.65 Å². The largest absolute Gasteiger partial charge is 0.453 e. The Morgan fingerprint density at radius 3 is 2.72 bits per heavy atom. The molecule has 9 heteroatoms. The zero-order chi connectivity index (χ0) is 18.0. The van der Waals surface area contributed by atoms with Crippen molar-refractivity contribution in [2.24, 2.45) is 5.92 Å². The Labute approximate surface area is 143 Å². The Morgan fingerprint density at radius 1 is 1.28 bits per heavy atom. The quantitative estimate of drug-likeness (QED) is 0.887. The second-order valence-electron chi connectivity index (χ2n) is 6.36. The SMILES string of the molecule is CCC(CC)C1CC(Nc2ccc3nnc(C(F)(F)F)n3n2)CCO1. The van der Waals surface area contributed by atoms with Gasteiger partial charge in [0.25, 0.3) is 5.82 Å². The van der Waals surface area contributed by atoms with E-state index in [2.05, 4.69) is 34.5 Å². The Bertz CT molecular complexity index is 713. The predicted octanol–water partition coefficient (Wildman–Crippen LogP) is 3.54. The first-order chi connectivity index (χ1) is 11.9. The fourth-order valence-corrected chi connectivity index (χ4v) is 3.35. The van der Waals surface area contributed by atoms with Gasteiger partial charge in [-0.05, 0) is 30.9 Å². The third-order valence-electron chi connectivity index (χ3n) is 4.76. The van der Waals surface area contributed by atoms with Crippen LogP contribution in [0.15, 0.2) is 12.1 Å². The van der Waals surface area contributed by atoms with Crippen molar-refractivity contribution in [3.8, 4) is 0 Å². The van der Waals surface area contributed by atoms with E-state index in [1.54, 1.807) is 6.07 Å². The summed E-state index contributed by atoms with van der Waals surface area (Å²) >= 11 is 0. The molecule has 0 saturated carbocycles. The fraction of sp³-hybridized carbons (Fsp3) is 0.688. The predicted molar refractivity (Wildman–Crippen MR) is 86.2 cm³/mol. The lowest BCUT2D eigenvalue weighted by molar-refractivity contribution is -0.146. The lowest BCUT2D eigenvalue weighted by Crippen LogP contribution is -2.38. The Hall–Kier alpha value is -1.90. The summed E-state index contributed by atoms with van der Waals surface area (Å²) in [5.74, 6) is -0.240. The van der Waals surface area contributed by atoms with Gasteiger partial charge in [-0.1, -0.05) is 26.7 Å². The monoisotopic (exact) mass is 357 g/mol. The molecule has 2 atom stereocenters. The summed E-state index contributed by atoms with van der Waals surface area (Å²) in [5, 5.41) is 14.0. The van der Waals surface area contributed by atoms with E-state index in [0.29, 0.717) is 18.3 Å². The fourth-order valence-electron chi connectivity index (χ4n) is 3.35. The molecular formula is C16H22F3N5O. The van der Waals surface area contributed by atoms with E-state index >= 15 is 0 Å². The van der Waals surface area contributed by atoms with Gasteiger partial charge in [0.2, 0.25) is 0 Å². The minimum absolute atomic E-state index is 0.0692. The molecule has 3 rings (SSSR count). The van der Waals surface area contributed by atoms with Crippen LogP contribution in [-0.4, -0.2) is 38.6 Å². The second kappa shape index (κ2) is 7.15. The van der Waals surface area contributed by atoms with Crippen molar-refractivity contribution in [2.75, 3.05) is 11.9 Å². The topological polar surface area (TPSA) is 64.3 Å². The Morgan fingerprint density at radius 2 is 2.04 bits per heavy atom. The van der Waals surface area contributed by atoms with Crippen LogP contribution in [0.4, 0.5) is 19.0 Å². The molecule has 2 unspecified atom stereocenters. The van der Waals surface area contributed by atoms with Gasteiger partial charge >= 0.3 is 6.18 Å². The van der Waals surface area contributed by atoms with E-state index in [0.717, 1.165) is 30.2 Å². The number of aromatic nitrogens is 4. The standard InChI is InChI=1S/C16H22F3N5O/c1-3-10(4-2)12-9-11(7-8-25-12)20-13-5-6-14-21-22-15(16(17,18)19)24(14)23-13/h5-6,10-12H,3-4,7-9H2,1-2H3,(H,20,23). The third kappa shape index (κ3) is 3.86. The molecule has 1 aliphatic heterocycles. The van der Waals surface area contributed by atoms with Crippen LogP contribution in [0.3, 0.4) is 0 Å². The first-order valence-electron chi connectivity index (χ1n) is 8.60. The van der Waals surface area contributed by atoms with Crippen molar-refractivity contribution < 1.29 is 17.9 Å². The van der Waals surface area contributed by atoms with E-state index in [-0.39, 0.29) is 17.8 Å². The highest BCUT2D eigenvalue weighted by molar-refractivity contribution is 5.44. The van der Waals surface area contributed by atoms with Crippen LogP contribution in [0.1, 0.15) is 45.4 Å². The van der Waals surface area contributed by atoms with E-state index in [4.69, 9.17) is 4.74 Å². The molecule has 0 spiro atoms. The number of hydrogen-bond acceptors (Lipinski definition) is 5. The van der Waals surface area contributed by atoms with Crippen molar-refractivity contribution in [3.63, 3.8) is 0 Å². The van der Waals surface area contributed by atoms with Crippen molar-refractivity contribution in [1.29, 1.82) is 0 Å². The average Bonchev–Trinajstić information content (AvgIpc) is 3.00. The van der Waals surface area contributed by atoms with Crippen LogP contribution >= 0.6 is 0 Å². The zero-order valence-corrected chi connectivity index (χ0v) is 14.3. The van der Waals surface area contributed by atoms with Crippen molar-refractivity contribution in [3.05, 3.63) is 18.0 Å². The summed E-state index contributed by atoms with van der Waals surface area (Å²) in [6, 6.07) is 3.23. The first-order valence-corrected chi connectivity index (χ1v) is 8.60. The van der Waals surface area contributed by atoms with Crippen LogP contribution in [-0.2, 0) is 10.9 Å². The maximum Gasteiger partial charge on any atom is 0.453 e. The van der Waals surface area contributed by atoms with Gasteiger partial charge in [-0.25, -0.2) is 0 Å². The van der Waals surface area contributed by atoms with Gasteiger partial charge in [-0.2, -0.15) is 17.7 Å². The first kappa shape index (κ1) is 17.9. The van der Waals surface area contributed by atoms with Crippen LogP contribution in [0, 0.1) is 5.92 Å². The number of rotatable bonds is 5. The summed E-state index contributed by atoms with van der Waals surface area (Å²) < 4.78 is 45.5. The molecule has 25 heavy (non-hydrogen) atoms. The molecule has 2 aromatic rings. The summed E-state index contributed by atoms with van der Waals surface area (Å²) in [6.07, 6.45) is -0.706. The number of hydrogen-bond donors (Lipinski definition) is 1. The number of nitrogens with zero attached hydrogens (tertiary/aromatic N) is 4.